The van der Waals surface area contributed by atoms with Gasteiger partial charge in [-0.1, -0.05) is 11.6 Å². The Hall–Kier alpha value is -4.14. The standard InChI is InChI=1S/C28H37N7O6S/c1-17(2)13-31-26(29-6)25(41-16-19(4)36)20(5)42(37,38)34-28-33-32-27(21-12-18(3)14-30-15-21)35(28)24-22(39-7)10-9-11-23(24)40-8/h9-15,19-20,25,36H,6,16H2,1-5,7-8H3,(H,33,34)/b31-26-/t19-,20-,25-/m1/s1. The normalized spacial score (nSPS) is 14.0. The molecule has 226 valence electrons. The highest BCUT2D eigenvalue weighted by Gasteiger charge is 2.36. The van der Waals surface area contributed by atoms with E-state index in [2.05, 4.69) is 36.6 Å². The van der Waals surface area contributed by atoms with Crippen molar-refractivity contribution in [2.24, 2.45) is 9.98 Å². The van der Waals surface area contributed by atoms with Gasteiger partial charge in [-0.15, -0.1) is 10.2 Å². The fourth-order valence-electron chi connectivity index (χ4n) is 3.92. The minimum Gasteiger partial charge on any atom is -0.494 e. The third kappa shape index (κ3) is 7.57. The van der Waals surface area contributed by atoms with Crippen LogP contribution >= 0.6 is 0 Å². The Morgan fingerprint density at radius 1 is 1.17 bits per heavy atom. The Bertz CT molecular complexity index is 1540. The van der Waals surface area contributed by atoms with E-state index in [0.717, 1.165) is 11.1 Å². The number of hydrogen-bond donors (Lipinski definition) is 2. The first-order valence-corrected chi connectivity index (χ1v) is 14.6. The van der Waals surface area contributed by atoms with E-state index in [9.17, 15) is 13.5 Å². The molecule has 2 heterocycles. The van der Waals surface area contributed by atoms with Gasteiger partial charge in [-0.05, 0) is 65.1 Å². The number of aliphatic hydroxyl groups is 1. The number of nitrogens with one attached hydrogen (secondary N) is 1. The number of rotatable bonds is 13. The third-order valence-corrected chi connectivity index (χ3v) is 7.65. The number of aryl methyl sites for hydroxylation is 1. The van der Waals surface area contributed by atoms with Crippen LogP contribution < -0.4 is 14.2 Å². The van der Waals surface area contributed by atoms with Crippen LogP contribution in [0.15, 0.2) is 58.4 Å². The van der Waals surface area contributed by atoms with Gasteiger partial charge in [0.05, 0.1) is 26.9 Å². The topological polar surface area (TPSA) is 162 Å². The summed E-state index contributed by atoms with van der Waals surface area (Å²) in [5, 5.41) is 17.1. The molecule has 0 fully saturated rings. The summed E-state index contributed by atoms with van der Waals surface area (Å²) >= 11 is 0. The smallest absolute Gasteiger partial charge is 0.243 e. The van der Waals surface area contributed by atoms with E-state index < -0.39 is 27.5 Å². The molecule has 3 rings (SSSR count). The van der Waals surface area contributed by atoms with Crippen LogP contribution in [0.4, 0.5) is 5.95 Å². The highest BCUT2D eigenvalue weighted by molar-refractivity contribution is 7.93. The molecule has 13 nitrogen and oxygen atoms in total. The van der Waals surface area contributed by atoms with Gasteiger partial charge in [-0.2, -0.15) is 0 Å². The SMILES string of the molecule is C=N/C(=N\C=C(C)C)[C@H](OC[C@@H](C)O)[C@@H](C)S(=O)(=O)Nc1nnc(-c2cncc(C)c2)n1-c1c(OC)cccc1OC. The monoisotopic (exact) mass is 599 g/mol. The molecule has 0 radical (unpaired) electrons. The first-order chi connectivity index (χ1) is 19.9. The van der Waals surface area contributed by atoms with E-state index in [1.54, 1.807) is 30.6 Å². The van der Waals surface area contributed by atoms with Crippen molar-refractivity contribution in [2.75, 3.05) is 25.5 Å². The molecular weight excluding hydrogens is 562 g/mol. The number of para-hydroxylation sites is 1. The lowest BCUT2D eigenvalue weighted by molar-refractivity contribution is 0.0248. The van der Waals surface area contributed by atoms with Crippen molar-refractivity contribution < 1.29 is 27.7 Å². The molecule has 42 heavy (non-hydrogen) atoms. The number of aliphatic imine (C=N–C) groups is 2. The summed E-state index contributed by atoms with van der Waals surface area (Å²) < 4.78 is 48.9. The van der Waals surface area contributed by atoms with Crippen molar-refractivity contribution in [3.8, 4) is 28.6 Å². The van der Waals surface area contributed by atoms with Crippen LogP contribution in [0.2, 0.25) is 0 Å². The van der Waals surface area contributed by atoms with Crippen LogP contribution in [-0.2, 0) is 14.8 Å². The second-order valence-electron chi connectivity index (χ2n) is 9.75. The molecule has 0 saturated carbocycles. The summed E-state index contributed by atoms with van der Waals surface area (Å²) in [4.78, 5) is 12.5. The van der Waals surface area contributed by atoms with Crippen LogP contribution in [0, 0.1) is 6.92 Å². The molecule has 0 unspecified atom stereocenters. The second-order valence-corrected chi connectivity index (χ2v) is 11.8. The predicted molar refractivity (Wildman–Crippen MR) is 162 cm³/mol. The van der Waals surface area contributed by atoms with Crippen molar-refractivity contribution in [1.29, 1.82) is 0 Å². The first-order valence-electron chi connectivity index (χ1n) is 13.0. The zero-order chi connectivity index (χ0) is 31.0. The van der Waals surface area contributed by atoms with E-state index in [4.69, 9.17) is 14.2 Å². The maximum Gasteiger partial charge on any atom is 0.243 e. The Morgan fingerprint density at radius 2 is 1.83 bits per heavy atom. The number of amidine groups is 1. The molecule has 0 aliphatic heterocycles. The van der Waals surface area contributed by atoms with Crippen LogP contribution in [0.5, 0.6) is 11.5 Å². The van der Waals surface area contributed by atoms with Gasteiger partial charge in [0.25, 0.3) is 0 Å². The highest BCUT2D eigenvalue weighted by Crippen LogP contribution is 2.38. The molecule has 1 aromatic carbocycles. The minimum absolute atomic E-state index is 0.0362. The summed E-state index contributed by atoms with van der Waals surface area (Å²) in [6.45, 7) is 11.9. The number of allylic oxidation sites excluding steroid dienone is 1. The number of nitrogens with zero attached hydrogens (tertiary/aromatic N) is 6. The number of sulfonamides is 1. The largest absolute Gasteiger partial charge is 0.494 e. The maximum absolute atomic E-state index is 13.9. The first kappa shape index (κ1) is 32.4. The minimum atomic E-state index is -4.27. The molecule has 0 saturated heterocycles. The molecular formula is C28H37N7O6S. The maximum atomic E-state index is 13.9. The Morgan fingerprint density at radius 3 is 2.38 bits per heavy atom. The Kier molecular flexibility index (Phi) is 10.9. The second kappa shape index (κ2) is 14.2. The van der Waals surface area contributed by atoms with E-state index in [1.807, 2.05) is 26.8 Å². The molecule has 14 heteroatoms. The van der Waals surface area contributed by atoms with Crippen molar-refractivity contribution in [2.45, 2.75) is 52.1 Å². The summed E-state index contributed by atoms with van der Waals surface area (Å²) in [6, 6.07) is 7.00. The van der Waals surface area contributed by atoms with Gasteiger partial charge in [-0.25, -0.2) is 18.4 Å². The molecule has 3 atom stereocenters. The highest BCUT2D eigenvalue weighted by atomic mass is 32.2. The summed E-state index contributed by atoms with van der Waals surface area (Å²) in [6.07, 6.45) is 2.77. The fourth-order valence-corrected chi connectivity index (χ4v) is 5.02. The zero-order valence-electron chi connectivity index (χ0n) is 24.8. The van der Waals surface area contributed by atoms with Gasteiger partial charge in [0, 0.05) is 24.2 Å². The van der Waals surface area contributed by atoms with E-state index >= 15 is 0 Å². The molecule has 0 amide bonds. The molecule has 0 spiro atoms. The van der Waals surface area contributed by atoms with Gasteiger partial charge >= 0.3 is 0 Å². The van der Waals surface area contributed by atoms with Crippen LogP contribution in [-0.4, -0.2) is 84.1 Å². The molecule has 0 aliphatic rings. The van der Waals surface area contributed by atoms with Gasteiger partial charge in [0.15, 0.2) is 11.7 Å². The van der Waals surface area contributed by atoms with Crippen molar-refractivity contribution >= 4 is 28.5 Å². The van der Waals surface area contributed by atoms with E-state index in [-0.39, 0.29) is 18.4 Å². The number of aliphatic hydroxyl groups excluding tert-OH is 1. The van der Waals surface area contributed by atoms with E-state index in [1.165, 1.54) is 38.8 Å². The van der Waals surface area contributed by atoms with E-state index in [0.29, 0.717) is 28.6 Å². The quantitative estimate of drug-likeness (QED) is 0.221. The van der Waals surface area contributed by atoms with Crippen LogP contribution in [0.1, 0.15) is 33.3 Å². The van der Waals surface area contributed by atoms with Crippen molar-refractivity contribution in [3.05, 3.63) is 54.0 Å². The zero-order valence-corrected chi connectivity index (χ0v) is 25.6. The van der Waals surface area contributed by atoms with Crippen molar-refractivity contribution in [1.82, 2.24) is 19.7 Å². The number of methoxy groups -OCH3 is 2. The van der Waals surface area contributed by atoms with Gasteiger partial charge in [-0.3, -0.25) is 14.3 Å². The Balaban J connectivity index is 2.19. The third-order valence-electron chi connectivity index (χ3n) is 5.96. The van der Waals surface area contributed by atoms with Crippen molar-refractivity contribution in [3.63, 3.8) is 0 Å². The molecule has 3 aromatic rings. The van der Waals surface area contributed by atoms with Crippen LogP contribution in [0.25, 0.3) is 17.1 Å². The van der Waals surface area contributed by atoms with Crippen LogP contribution in [0.3, 0.4) is 0 Å². The lowest BCUT2D eigenvalue weighted by Crippen LogP contribution is -2.43. The Labute approximate surface area is 246 Å². The number of ether oxygens (including phenoxy) is 3. The molecule has 2 aromatic heterocycles. The average molecular weight is 600 g/mol. The molecule has 2 N–H and O–H groups in total. The molecule has 0 aliphatic carbocycles. The lowest BCUT2D eigenvalue weighted by Gasteiger charge is -2.25. The molecule has 0 bridgehead atoms. The number of benzene rings is 1. The number of aromatic nitrogens is 4. The summed E-state index contributed by atoms with van der Waals surface area (Å²) in [5.74, 6) is 0.961. The number of pyridine rings is 1. The number of anilines is 1. The van der Waals surface area contributed by atoms with Gasteiger partial charge in [0.2, 0.25) is 16.0 Å². The summed E-state index contributed by atoms with van der Waals surface area (Å²) in [5.41, 5.74) is 2.67. The summed E-state index contributed by atoms with van der Waals surface area (Å²) in [7, 11) is -1.29. The lowest BCUT2D eigenvalue weighted by atomic mass is 10.2. The number of hydrogen-bond acceptors (Lipinski definition) is 10. The van der Waals surface area contributed by atoms with Gasteiger partial charge in [0.1, 0.15) is 28.5 Å². The van der Waals surface area contributed by atoms with Gasteiger partial charge < -0.3 is 19.3 Å². The fraction of sp³-hybridized carbons (Fsp3) is 0.393. The predicted octanol–water partition coefficient (Wildman–Crippen LogP) is 3.57. The average Bonchev–Trinajstić information content (AvgIpc) is 3.35.